The SMILES string of the molecule is CC[C@@H](C)NC(=O)COC(=O)CN1C(=O)COc2ccc([N+](=O)[O-])cc21. The summed E-state index contributed by atoms with van der Waals surface area (Å²) in [6.07, 6.45) is 0.734. The number of fused-ring (bicyclic) bond motifs is 1. The molecule has 1 aromatic carbocycles. The third-order valence-electron chi connectivity index (χ3n) is 3.77. The largest absolute Gasteiger partial charge is 0.482 e. The predicted octanol–water partition coefficient (Wildman–Crippen LogP) is 0.778. The van der Waals surface area contributed by atoms with Crippen molar-refractivity contribution in [3.8, 4) is 5.75 Å². The summed E-state index contributed by atoms with van der Waals surface area (Å²) in [5.41, 5.74) is -0.134. The summed E-state index contributed by atoms with van der Waals surface area (Å²) in [5, 5.41) is 13.6. The van der Waals surface area contributed by atoms with Crippen molar-refractivity contribution < 1.29 is 28.8 Å². The van der Waals surface area contributed by atoms with E-state index in [4.69, 9.17) is 9.47 Å². The van der Waals surface area contributed by atoms with Gasteiger partial charge >= 0.3 is 5.97 Å². The number of carbonyl (C=O) groups excluding carboxylic acids is 3. The number of hydrogen-bond acceptors (Lipinski definition) is 7. The zero-order valence-electron chi connectivity index (χ0n) is 14.4. The number of benzene rings is 1. The van der Waals surface area contributed by atoms with Gasteiger partial charge in [-0.05, 0) is 19.4 Å². The van der Waals surface area contributed by atoms with E-state index in [1.165, 1.54) is 12.1 Å². The number of nitrogens with one attached hydrogen (secondary N) is 1. The molecule has 26 heavy (non-hydrogen) atoms. The molecule has 1 aromatic rings. The molecule has 0 saturated heterocycles. The van der Waals surface area contributed by atoms with Gasteiger partial charge in [0.1, 0.15) is 12.3 Å². The Kier molecular flexibility index (Phi) is 6.10. The highest BCUT2D eigenvalue weighted by Gasteiger charge is 2.29. The van der Waals surface area contributed by atoms with Gasteiger partial charge in [-0.1, -0.05) is 6.92 Å². The highest BCUT2D eigenvalue weighted by Crippen LogP contribution is 2.35. The number of nitro groups is 1. The van der Waals surface area contributed by atoms with Gasteiger partial charge in [0.05, 0.1) is 10.6 Å². The highest BCUT2D eigenvalue weighted by atomic mass is 16.6. The van der Waals surface area contributed by atoms with E-state index >= 15 is 0 Å². The average molecular weight is 365 g/mol. The molecule has 0 spiro atoms. The molecule has 1 aliphatic heterocycles. The zero-order valence-corrected chi connectivity index (χ0v) is 14.4. The van der Waals surface area contributed by atoms with Crippen molar-refractivity contribution >= 4 is 29.2 Å². The second-order valence-corrected chi connectivity index (χ2v) is 5.72. The molecule has 0 unspecified atom stereocenters. The molecule has 10 heteroatoms. The van der Waals surface area contributed by atoms with Crippen LogP contribution in [0.2, 0.25) is 0 Å². The molecule has 1 heterocycles. The Hall–Kier alpha value is -3.17. The quantitative estimate of drug-likeness (QED) is 0.429. The predicted molar refractivity (Wildman–Crippen MR) is 89.8 cm³/mol. The zero-order chi connectivity index (χ0) is 19.3. The van der Waals surface area contributed by atoms with Gasteiger partial charge in [-0.15, -0.1) is 0 Å². The third-order valence-corrected chi connectivity index (χ3v) is 3.77. The van der Waals surface area contributed by atoms with Crippen LogP contribution in [0.3, 0.4) is 0 Å². The Morgan fingerprint density at radius 1 is 1.46 bits per heavy atom. The summed E-state index contributed by atoms with van der Waals surface area (Å²) < 4.78 is 10.1. The maximum atomic E-state index is 12.0. The van der Waals surface area contributed by atoms with Crippen molar-refractivity contribution in [3.63, 3.8) is 0 Å². The topological polar surface area (TPSA) is 128 Å². The first-order valence-corrected chi connectivity index (χ1v) is 7.98. The Labute approximate surface area is 149 Å². The molecule has 2 rings (SSSR count). The number of hydrogen-bond donors (Lipinski definition) is 1. The Balaban J connectivity index is 2.03. The fourth-order valence-electron chi connectivity index (χ4n) is 2.22. The number of anilines is 1. The summed E-state index contributed by atoms with van der Waals surface area (Å²) in [4.78, 5) is 47.0. The molecule has 0 radical (unpaired) electrons. The molecule has 0 aliphatic carbocycles. The second-order valence-electron chi connectivity index (χ2n) is 5.72. The van der Waals surface area contributed by atoms with Crippen LogP contribution in [0.15, 0.2) is 18.2 Å². The molecule has 0 fully saturated rings. The van der Waals surface area contributed by atoms with E-state index < -0.39 is 35.9 Å². The number of amides is 2. The molecule has 10 nitrogen and oxygen atoms in total. The van der Waals surface area contributed by atoms with Gasteiger partial charge in [0.15, 0.2) is 13.2 Å². The van der Waals surface area contributed by atoms with Gasteiger partial charge in [-0.25, -0.2) is 0 Å². The van der Waals surface area contributed by atoms with Crippen LogP contribution in [-0.2, 0) is 19.1 Å². The second kappa shape index (κ2) is 8.28. The lowest BCUT2D eigenvalue weighted by Gasteiger charge is -2.28. The number of nitro benzene ring substituents is 1. The summed E-state index contributed by atoms with van der Waals surface area (Å²) in [7, 11) is 0. The van der Waals surface area contributed by atoms with Crippen molar-refractivity contribution in [2.75, 3.05) is 24.7 Å². The van der Waals surface area contributed by atoms with Gasteiger partial charge in [0.25, 0.3) is 17.5 Å². The maximum Gasteiger partial charge on any atom is 0.326 e. The smallest absolute Gasteiger partial charge is 0.326 e. The van der Waals surface area contributed by atoms with Gasteiger partial charge in [0.2, 0.25) is 0 Å². The summed E-state index contributed by atoms with van der Waals surface area (Å²) in [6, 6.07) is 3.70. The third kappa shape index (κ3) is 4.68. The van der Waals surface area contributed by atoms with Crippen LogP contribution < -0.4 is 15.0 Å². The Bertz CT molecular complexity index is 735. The van der Waals surface area contributed by atoms with Crippen LogP contribution in [0.4, 0.5) is 11.4 Å². The standard InChI is InChI=1S/C16H19N3O7/c1-3-10(2)17-14(20)8-26-16(22)7-18-12-6-11(19(23)24)4-5-13(12)25-9-15(18)21/h4-6,10H,3,7-9H2,1-2H3,(H,17,20)/t10-/m1/s1. The first-order chi connectivity index (χ1) is 12.3. The number of ether oxygens (including phenoxy) is 2. The van der Waals surface area contributed by atoms with Crippen molar-refractivity contribution in [2.24, 2.45) is 0 Å². The van der Waals surface area contributed by atoms with Crippen LogP contribution in [0, 0.1) is 10.1 Å². The lowest BCUT2D eigenvalue weighted by atomic mass is 10.2. The van der Waals surface area contributed by atoms with E-state index in [-0.39, 0.29) is 29.8 Å². The molecule has 1 atom stereocenters. The van der Waals surface area contributed by atoms with E-state index in [2.05, 4.69) is 5.32 Å². The van der Waals surface area contributed by atoms with Crippen molar-refractivity contribution in [2.45, 2.75) is 26.3 Å². The minimum Gasteiger partial charge on any atom is -0.482 e. The van der Waals surface area contributed by atoms with Gasteiger partial charge in [-0.2, -0.15) is 0 Å². The number of nitrogens with zero attached hydrogens (tertiary/aromatic N) is 2. The van der Waals surface area contributed by atoms with Crippen LogP contribution >= 0.6 is 0 Å². The molecule has 0 aromatic heterocycles. The summed E-state index contributed by atoms with van der Waals surface area (Å²) in [6.45, 7) is 2.47. The van der Waals surface area contributed by atoms with Crippen molar-refractivity contribution in [3.05, 3.63) is 28.3 Å². The number of carbonyl (C=O) groups is 3. The molecule has 2 amide bonds. The van der Waals surface area contributed by atoms with E-state index in [1.54, 1.807) is 0 Å². The highest BCUT2D eigenvalue weighted by molar-refractivity contribution is 6.01. The molecule has 1 N–H and O–H groups in total. The van der Waals surface area contributed by atoms with E-state index in [1.807, 2.05) is 13.8 Å². The average Bonchev–Trinajstić information content (AvgIpc) is 2.61. The van der Waals surface area contributed by atoms with E-state index in [9.17, 15) is 24.5 Å². The molecule has 0 saturated carbocycles. The molecule has 140 valence electrons. The lowest BCUT2D eigenvalue weighted by molar-refractivity contribution is -0.384. The maximum absolute atomic E-state index is 12.0. The van der Waals surface area contributed by atoms with Crippen LogP contribution in [0.25, 0.3) is 0 Å². The lowest BCUT2D eigenvalue weighted by Crippen LogP contribution is -2.43. The first-order valence-electron chi connectivity index (χ1n) is 7.98. The van der Waals surface area contributed by atoms with Gasteiger partial charge in [0, 0.05) is 18.2 Å². The minimum atomic E-state index is -0.808. The minimum absolute atomic E-state index is 0.0468. The molecule has 0 bridgehead atoms. The first kappa shape index (κ1) is 19.2. The molecule has 1 aliphatic rings. The van der Waals surface area contributed by atoms with Crippen LogP contribution in [0.1, 0.15) is 20.3 Å². The molecular formula is C16H19N3O7. The Morgan fingerprint density at radius 2 is 2.19 bits per heavy atom. The Morgan fingerprint density at radius 3 is 2.85 bits per heavy atom. The van der Waals surface area contributed by atoms with Gasteiger partial charge in [-0.3, -0.25) is 29.4 Å². The van der Waals surface area contributed by atoms with E-state index in [0.717, 1.165) is 17.4 Å². The summed E-state index contributed by atoms with van der Waals surface area (Å²) >= 11 is 0. The van der Waals surface area contributed by atoms with Crippen LogP contribution in [0.5, 0.6) is 5.75 Å². The van der Waals surface area contributed by atoms with Crippen molar-refractivity contribution in [1.29, 1.82) is 0 Å². The normalized spacial score (nSPS) is 14.1. The number of non-ortho nitro benzene ring substituents is 1. The summed E-state index contributed by atoms with van der Waals surface area (Å²) in [5.74, 6) is -1.55. The van der Waals surface area contributed by atoms with Gasteiger partial charge < -0.3 is 14.8 Å². The van der Waals surface area contributed by atoms with Crippen LogP contribution in [-0.4, -0.2) is 48.5 Å². The number of esters is 1. The van der Waals surface area contributed by atoms with E-state index in [0.29, 0.717) is 0 Å². The fourth-order valence-corrected chi connectivity index (χ4v) is 2.22. The monoisotopic (exact) mass is 365 g/mol. The fraction of sp³-hybridized carbons (Fsp3) is 0.438. The molecular weight excluding hydrogens is 346 g/mol. The van der Waals surface area contributed by atoms with Crippen molar-refractivity contribution in [1.82, 2.24) is 5.32 Å². The number of rotatable bonds is 7.